The maximum absolute atomic E-state index is 13.7. The van der Waals surface area contributed by atoms with Crippen LogP contribution in [0.3, 0.4) is 0 Å². The number of nitrogens with one attached hydrogen (secondary N) is 1. The molecule has 1 heterocycles. The van der Waals surface area contributed by atoms with Crippen molar-refractivity contribution >= 4 is 35.3 Å². The van der Waals surface area contributed by atoms with Gasteiger partial charge in [0.1, 0.15) is 0 Å². The van der Waals surface area contributed by atoms with Crippen molar-refractivity contribution in [1.82, 2.24) is 20.6 Å². The molecule has 0 fully saturated rings. The Labute approximate surface area is 238 Å². The van der Waals surface area contributed by atoms with E-state index in [2.05, 4.69) is 36.6 Å². The minimum atomic E-state index is -5.57. The van der Waals surface area contributed by atoms with Gasteiger partial charge in [0, 0.05) is 22.2 Å². The zero-order chi connectivity index (χ0) is 17.8. The molecule has 7 nitrogen and oxygen atoms in total. The molecule has 0 radical (unpaired) electrons. The van der Waals surface area contributed by atoms with Gasteiger partial charge in [-0.2, -0.15) is 25.8 Å². The quantitative estimate of drug-likeness (QED) is 0.183. The van der Waals surface area contributed by atoms with E-state index in [4.69, 9.17) is 9.79 Å². The van der Waals surface area contributed by atoms with Gasteiger partial charge in [0.05, 0.1) is 0 Å². The third-order valence-electron chi connectivity index (χ3n) is 3.07. The van der Waals surface area contributed by atoms with Crippen LogP contribution in [-0.2, 0) is 22.4 Å². The molecule has 0 atom stereocenters. The normalized spacial score (nSPS) is 11.1. The van der Waals surface area contributed by atoms with Crippen molar-refractivity contribution < 1.29 is 116 Å². The first-order valence-corrected chi connectivity index (χ1v) is 10.3. The van der Waals surface area contributed by atoms with Crippen molar-refractivity contribution in [2.75, 3.05) is 5.75 Å². The molecule has 0 aliphatic rings. The summed E-state index contributed by atoms with van der Waals surface area (Å²) in [5.41, 5.74) is -4.17. The van der Waals surface area contributed by atoms with Crippen LogP contribution in [0.2, 0.25) is 0 Å². The van der Waals surface area contributed by atoms with Crippen LogP contribution < -0.4 is 88.7 Å². The number of benzene rings is 1. The van der Waals surface area contributed by atoms with Crippen molar-refractivity contribution in [2.24, 2.45) is 0 Å². The smallest absolute Gasteiger partial charge is 1.00 e. The SMILES string of the molecule is O=P(O)(O)C(F)(F)c1ccc(CSCCCc2nn[nH]n2)cc1Br.[H-].[H-].[H-].[Na+].[Na+].[Na+]. The molecule has 1 aromatic carbocycles. The number of alkyl halides is 2. The van der Waals surface area contributed by atoms with Gasteiger partial charge in [-0.3, -0.25) is 4.57 Å². The van der Waals surface area contributed by atoms with Crippen LogP contribution in [0.5, 0.6) is 0 Å². The van der Waals surface area contributed by atoms with Gasteiger partial charge >= 0.3 is 102 Å². The van der Waals surface area contributed by atoms with Gasteiger partial charge in [-0.05, 0) is 23.8 Å². The fraction of sp³-hybridized carbons (Fsp3) is 0.417. The van der Waals surface area contributed by atoms with Crippen LogP contribution in [0, 0.1) is 0 Å². The topological polar surface area (TPSA) is 112 Å². The molecule has 15 heteroatoms. The number of nitrogens with zero attached hydrogens (tertiary/aromatic N) is 3. The fourth-order valence-electron chi connectivity index (χ4n) is 1.86. The van der Waals surface area contributed by atoms with Gasteiger partial charge in [-0.25, -0.2) is 0 Å². The van der Waals surface area contributed by atoms with Crippen LogP contribution in [0.15, 0.2) is 22.7 Å². The summed E-state index contributed by atoms with van der Waals surface area (Å²) < 4.78 is 38.4. The molecular formula is C12H17BrF2N4Na3O3PS. The van der Waals surface area contributed by atoms with Gasteiger partial charge in [-0.1, -0.05) is 33.3 Å². The molecule has 0 aliphatic carbocycles. The summed E-state index contributed by atoms with van der Waals surface area (Å²) in [6.07, 6.45) is 1.54. The van der Waals surface area contributed by atoms with Crippen LogP contribution in [0.25, 0.3) is 0 Å². The molecule has 0 amide bonds. The number of hydrogen-bond acceptors (Lipinski definition) is 5. The van der Waals surface area contributed by atoms with Gasteiger partial charge in [0.25, 0.3) is 0 Å². The summed E-state index contributed by atoms with van der Waals surface area (Å²) in [6, 6.07) is 3.93. The largest absolute Gasteiger partial charge is 1.00 e. The van der Waals surface area contributed by atoms with Crippen molar-refractivity contribution in [1.29, 1.82) is 0 Å². The fourth-order valence-corrected chi connectivity index (χ4v) is 4.11. The zero-order valence-electron chi connectivity index (χ0n) is 18.2. The van der Waals surface area contributed by atoms with Crippen molar-refractivity contribution in [3.05, 3.63) is 39.6 Å². The average Bonchev–Trinajstić information content (AvgIpc) is 2.99. The summed E-state index contributed by atoms with van der Waals surface area (Å²) in [6.45, 7) is 0. The molecule has 2 aromatic rings. The molecule has 0 spiro atoms. The van der Waals surface area contributed by atoms with Gasteiger partial charge in [0.2, 0.25) is 0 Å². The second-order valence-corrected chi connectivity index (χ2v) is 8.49. The van der Waals surface area contributed by atoms with Crippen LogP contribution in [0.4, 0.5) is 8.78 Å². The Balaban J connectivity index is -0.000000347. The molecule has 27 heavy (non-hydrogen) atoms. The number of H-pyrrole nitrogens is 1. The molecule has 0 aliphatic heterocycles. The summed E-state index contributed by atoms with van der Waals surface area (Å²) in [5.74, 6) is 2.06. The Morgan fingerprint density at radius 2 is 1.96 bits per heavy atom. The Hall–Kier alpha value is 2.13. The Kier molecular flexibility index (Phi) is 16.5. The number of tetrazole rings is 1. The summed E-state index contributed by atoms with van der Waals surface area (Å²) in [5, 5.41) is 13.5. The van der Waals surface area contributed by atoms with E-state index in [1.165, 1.54) is 12.1 Å². The summed E-state index contributed by atoms with van der Waals surface area (Å²) in [7, 11) is -5.57. The number of rotatable bonds is 8. The van der Waals surface area contributed by atoms with E-state index in [9.17, 15) is 13.3 Å². The van der Waals surface area contributed by atoms with E-state index in [0.29, 0.717) is 18.0 Å². The third-order valence-corrected chi connectivity index (χ3v) is 5.81. The van der Waals surface area contributed by atoms with Crippen LogP contribution >= 0.6 is 35.3 Å². The maximum atomic E-state index is 13.7. The van der Waals surface area contributed by atoms with Gasteiger partial charge in [-0.15, -0.1) is 10.2 Å². The first-order valence-electron chi connectivity index (χ1n) is 6.74. The molecule has 0 saturated carbocycles. The molecule has 0 saturated heterocycles. The molecule has 3 N–H and O–H groups in total. The third kappa shape index (κ3) is 9.43. The summed E-state index contributed by atoms with van der Waals surface area (Å²) >= 11 is 4.57. The van der Waals surface area contributed by atoms with Crippen molar-refractivity contribution in [3.8, 4) is 0 Å². The summed E-state index contributed by atoms with van der Waals surface area (Å²) in [4.78, 5) is 17.6. The number of aryl methyl sites for hydroxylation is 1. The van der Waals surface area contributed by atoms with E-state index in [1.807, 2.05) is 0 Å². The second-order valence-electron chi connectivity index (χ2n) is 4.88. The molecular weight excluding hydrogens is 498 g/mol. The Morgan fingerprint density at radius 1 is 1.30 bits per heavy atom. The monoisotopic (exact) mass is 514 g/mol. The molecule has 0 unspecified atom stereocenters. The van der Waals surface area contributed by atoms with E-state index in [1.54, 1.807) is 11.8 Å². The van der Waals surface area contributed by atoms with Gasteiger partial charge in [0.15, 0.2) is 5.82 Å². The molecule has 1 aromatic heterocycles. The second kappa shape index (κ2) is 14.2. The number of aromatic nitrogens is 4. The number of hydrogen-bond donors (Lipinski definition) is 3. The predicted octanol–water partition coefficient (Wildman–Crippen LogP) is -5.60. The Morgan fingerprint density at radius 3 is 2.48 bits per heavy atom. The maximum Gasteiger partial charge on any atom is 1.00 e. The van der Waals surface area contributed by atoms with Crippen molar-refractivity contribution in [3.63, 3.8) is 0 Å². The zero-order valence-corrected chi connectivity index (χ0v) is 24.5. The minimum Gasteiger partial charge on any atom is -1.00 e. The van der Waals surface area contributed by atoms with Crippen molar-refractivity contribution in [2.45, 2.75) is 24.3 Å². The average molecular weight is 515 g/mol. The van der Waals surface area contributed by atoms with Gasteiger partial charge < -0.3 is 14.1 Å². The first-order chi connectivity index (χ1) is 11.2. The van der Waals surface area contributed by atoms with E-state index >= 15 is 0 Å². The Bertz CT molecular complexity index is 757. The standard InChI is InChI=1S/C12H14BrF2N4O3PS.3Na.3H/c13-10-6-8(3-4-9(10)12(14,15)23(20,21)22)7-24-5-1-2-11-16-18-19-17-11;;;;;;/h3-4,6H,1-2,5,7H2,(H2,20,21,22)(H,16,17,18,19);;;;;;/q;3*+1;3*-1. The van der Waals surface area contributed by atoms with Crippen LogP contribution in [0.1, 0.15) is 27.7 Å². The van der Waals surface area contributed by atoms with E-state index < -0.39 is 18.8 Å². The first kappa shape index (κ1) is 31.3. The number of halogens is 3. The number of aromatic amines is 1. The minimum absolute atomic E-state index is 0. The molecule has 0 bridgehead atoms. The molecule has 2 rings (SSSR count). The van der Waals surface area contributed by atoms with Crippen LogP contribution in [-0.4, -0.2) is 36.2 Å². The van der Waals surface area contributed by atoms with E-state index in [0.717, 1.165) is 23.8 Å². The molecule has 138 valence electrons. The predicted molar refractivity (Wildman–Crippen MR) is 92.1 cm³/mol. The number of thioether (sulfide) groups is 1. The van der Waals surface area contributed by atoms with E-state index in [-0.39, 0.29) is 97.4 Å².